The molecule has 216 valence electrons. The summed E-state index contributed by atoms with van der Waals surface area (Å²) in [4.78, 5) is 30.8. The number of rotatable bonds is 9. The van der Waals surface area contributed by atoms with Crippen LogP contribution in [0.3, 0.4) is 0 Å². The molecule has 0 aliphatic carbocycles. The molecule has 40 heavy (non-hydrogen) atoms. The lowest BCUT2D eigenvalue weighted by molar-refractivity contribution is -0.150. The van der Waals surface area contributed by atoms with Crippen molar-refractivity contribution in [2.75, 3.05) is 49.6 Å². The number of hydrogen-bond acceptors (Lipinski definition) is 9. The highest BCUT2D eigenvalue weighted by atomic mass is 32.2. The summed E-state index contributed by atoms with van der Waals surface area (Å²) < 4.78 is 42.8. The van der Waals surface area contributed by atoms with Crippen molar-refractivity contribution >= 4 is 46.5 Å². The molecular weight excluding hydrogens is 545 g/mol. The zero-order valence-electron chi connectivity index (χ0n) is 22.2. The fourth-order valence-electron chi connectivity index (χ4n) is 4.63. The number of aromatic nitrogens is 2. The summed E-state index contributed by atoms with van der Waals surface area (Å²) >= 11 is 1.27. The Balaban J connectivity index is 1.48. The van der Waals surface area contributed by atoms with Gasteiger partial charge >= 0.3 is 6.18 Å². The number of piperidine rings is 1. The summed E-state index contributed by atoms with van der Waals surface area (Å²) in [5.41, 5.74) is 6.69. The van der Waals surface area contributed by atoms with Crippen LogP contribution in [-0.4, -0.2) is 83.9 Å². The van der Waals surface area contributed by atoms with Gasteiger partial charge in [-0.1, -0.05) is 0 Å². The Morgan fingerprint density at radius 1 is 1.18 bits per heavy atom. The van der Waals surface area contributed by atoms with E-state index in [4.69, 9.17) is 20.9 Å². The van der Waals surface area contributed by atoms with Crippen LogP contribution in [0.25, 0.3) is 0 Å². The van der Waals surface area contributed by atoms with Gasteiger partial charge in [-0.2, -0.15) is 13.2 Å². The Hall–Kier alpha value is -3.23. The number of amides is 1. The molecular formula is C26H33F3N8O2S. The Labute approximate surface area is 235 Å². The minimum Gasteiger partial charge on any atom is -0.387 e. The summed E-state index contributed by atoms with van der Waals surface area (Å²) in [5, 5.41) is 10.4. The molecule has 2 aromatic rings. The Morgan fingerprint density at radius 3 is 2.48 bits per heavy atom. The zero-order chi connectivity index (χ0) is 28.7. The number of alkyl halides is 3. The third-order valence-corrected chi connectivity index (χ3v) is 7.31. The molecule has 3 heterocycles. The van der Waals surface area contributed by atoms with E-state index in [1.165, 1.54) is 23.9 Å². The molecule has 2 aliphatic rings. The highest BCUT2D eigenvalue weighted by Crippen LogP contribution is 2.31. The number of benzene rings is 1. The van der Waals surface area contributed by atoms with Gasteiger partial charge in [0.2, 0.25) is 5.91 Å². The number of carbonyl (C=O) groups excluding carboxylic acids is 1. The van der Waals surface area contributed by atoms with Crippen LogP contribution in [-0.2, 0) is 9.53 Å². The third-order valence-electron chi connectivity index (χ3n) is 6.44. The molecule has 0 unspecified atom stereocenters. The second kappa shape index (κ2) is 13.4. The molecule has 2 aliphatic heterocycles. The number of hydrogen-bond donors (Lipinski definition) is 3. The lowest BCUT2D eigenvalue weighted by Gasteiger charge is -2.40. The number of morpholine rings is 1. The molecule has 1 aromatic heterocycles. The van der Waals surface area contributed by atoms with Crippen molar-refractivity contribution in [2.24, 2.45) is 10.7 Å². The van der Waals surface area contributed by atoms with Crippen LogP contribution in [0.5, 0.6) is 0 Å². The molecule has 0 radical (unpaired) electrons. The van der Waals surface area contributed by atoms with Gasteiger partial charge < -0.3 is 26.1 Å². The summed E-state index contributed by atoms with van der Waals surface area (Å²) in [6, 6.07) is 8.71. The number of ether oxygens (including phenoxy) is 1. The number of nitrogens with two attached hydrogens (primary N) is 1. The van der Waals surface area contributed by atoms with Crippen LogP contribution >= 0.6 is 11.8 Å². The van der Waals surface area contributed by atoms with Crippen LogP contribution in [0.4, 0.5) is 30.5 Å². The van der Waals surface area contributed by atoms with Crippen LogP contribution in [0.15, 0.2) is 45.4 Å². The molecule has 14 heteroatoms. The van der Waals surface area contributed by atoms with E-state index >= 15 is 0 Å². The van der Waals surface area contributed by atoms with E-state index in [-0.39, 0.29) is 17.9 Å². The predicted molar refractivity (Wildman–Crippen MR) is 149 cm³/mol. The molecule has 0 saturated carbocycles. The van der Waals surface area contributed by atoms with Crippen molar-refractivity contribution in [1.29, 1.82) is 5.41 Å². The second-order valence-electron chi connectivity index (χ2n) is 9.76. The summed E-state index contributed by atoms with van der Waals surface area (Å²) in [6.45, 7) is 6.75. The van der Waals surface area contributed by atoms with Gasteiger partial charge in [0.05, 0.1) is 13.2 Å². The number of nitrogens with zero attached hydrogens (tertiary/aromatic N) is 5. The average Bonchev–Trinajstić information content (AvgIpc) is 2.89. The van der Waals surface area contributed by atoms with E-state index in [9.17, 15) is 18.0 Å². The third kappa shape index (κ3) is 9.17. The maximum absolute atomic E-state index is 12.4. The van der Waals surface area contributed by atoms with Gasteiger partial charge in [0.25, 0.3) is 0 Å². The highest BCUT2D eigenvalue weighted by molar-refractivity contribution is 7.99. The zero-order valence-corrected chi connectivity index (χ0v) is 23.0. The molecule has 1 aromatic carbocycles. The lowest BCUT2D eigenvalue weighted by Crippen LogP contribution is -2.49. The summed E-state index contributed by atoms with van der Waals surface area (Å²) in [7, 11) is 0. The van der Waals surface area contributed by atoms with Crippen LogP contribution in [0, 0.1) is 5.41 Å². The van der Waals surface area contributed by atoms with E-state index in [0.29, 0.717) is 22.7 Å². The van der Waals surface area contributed by atoms with Gasteiger partial charge in [-0.05, 0) is 55.8 Å². The number of carbonyl (C=O) groups is 1. The van der Waals surface area contributed by atoms with Gasteiger partial charge in [0.1, 0.15) is 18.1 Å². The topological polar surface area (TPSA) is 133 Å². The standard InChI is InChI=1S/C26H33F3N8O2S/c1-17(30)14-21(31)33-22-15-23(37-8-6-19(7-9-37)36-10-12-39-13-11-36)35-25(34-22)40-20-4-2-18(3-5-20)32-24(38)16-26(27,28)29/h2-5,15,19,30H,6-14,16H2,1H3,(H,32,38)(H2,31,33,34,35). The monoisotopic (exact) mass is 578 g/mol. The smallest absolute Gasteiger partial charge is 0.387 e. The van der Waals surface area contributed by atoms with Crippen LogP contribution < -0.4 is 16.0 Å². The van der Waals surface area contributed by atoms with Gasteiger partial charge in [-0.25, -0.2) is 15.0 Å². The Bertz CT molecular complexity index is 1210. The van der Waals surface area contributed by atoms with Gasteiger partial charge in [-0.15, -0.1) is 0 Å². The van der Waals surface area contributed by atoms with E-state index < -0.39 is 18.5 Å². The molecule has 4 N–H and O–H groups in total. The van der Waals surface area contributed by atoms with E-state index in [0.717, 1.165) is 62.9 Å². The number of amidine groups is 1. The molecule has 2 fully saturated rings. The first-order valence-electron chi connectivity index (χ1n) is 13.0. The van der Waals surface area contributed by atoms with Crippen molar-refractivity contribution < 1.29 is 22.7 Å². The van der Waals surface area contributed by atoms with Crippen molar-refractivity contribution in [3.8, 4) is 0 Å². The Morgan fingerprint density at radius 2 is 1.85 bits per heavy atom. The first kappa shape index (κ1) is 29.7. The van der Waals surface area contributed by atoms with Gasteiger partial charge in [0.15, 0.2) is 11.0 Å². The SMILES string of the molecule is CC(=N)CC(N)=Nc1cc(N2CCC(N3CCOCC3)CC2)nc(Sc2ccc(NC(=O)CC(F)(F)F)cc2)n1. The van der Waals surface area contributed by atoms with Crippen LogP contribution in [0.1, 0.15) is 32.6 Å². The van der Waals surface area contributed by atoms with Crippen molar-refractivity contribution in [3.63, 3.8) is 0 Å². The maximum atomic E-state index is 12.4. The first-order chi connectivity index (χ1) is 19.0. The van der Waals surface area contributed by atoms with Gasteiger partial charge in [-0.3, -0.25) is 9.69 Å². The van der Waals surface area contributed by atoms with E-state index in [2.05, 4.69) is 25.1 Å². The number of aliphatic imine (C=N–C) groups is 1. The maximum Gasteiger partial charge on any atom is 0.397 e. The van der Waals surface area contributed by atoms with Crippen molar-refractivity contribution in [2.45, 2.75) is 54.9 Å². The minimum absolute atomic E-state index is 0.230. The summed E-state index contributed by atoms with van der Waals surface area (Å²) in [6.07, 6.45) is -3.88. The van der Waals surface area contributed by atoms with Crippen LogP contribution in [0.2, 0.25) is 0 Å². The second-order valence-corrected chi connectivity index (χ2v) is 10.8. The van der Waals surface area contributed by atoms with E-state index in [1.54, 1.807) is 25.1 Å². The van der Waals surface area contributed by atoms with Crippen molar-refractivity contribution in [3.05, 3.63) is 30.3 Å². The number of anilines is 2. The average molecular weight is 579 g/mol. The predicted octanol–water partition coefficient (Wildman–Crippen LogP) is 4.24. The molecule has 2 saturated heterocycles. The molecule has 0 spiro atoms. The molecule has 10 nitrogen and oxygen atoms in total. The van der Waals surface area contributed by atoms with E-state index in [1.807, 2.05) is 0 Å². The largest absolute Gasteiger partial charge is 0.397 e. The number of nitrogens with one attached hydrogen (secondary N) is 2. The first-order valence-corrected chi connectivity index (χ1v) is 13.8. The number of halogens is 3. The lowest BCUT2D eigenvalue weighted by atomic mass is 10.0. The highest BCUT2D eigenvalue weighted by Gasteiger charge is 2.31. The van der Waals surface area contributed by atoms with Crippen molar-refractivity contribution in [1.82, 2.24) is 14.9 Å². The normalized spacial score (nSPS) is 17.6. The quantitative estimate of drug-likeness (QED) is 0.229. The summed E-state index contributed by atoms with van der Waals surface area (Å²) in [5.74, 6) is 0.268. The fraction of sp³-hybridized carbons (Fsp3) is 0.500. The molecule has 0 atom stereocenters. The van der Waals surface area contributed by atoms with Gasteiger partial charge in [0, 0.05) is 61.0 Å². The fourth-order valence-corrected chi connectivity index (χ4v) is 5.39. The molecule has 4 rings (SSSR count). The minimum atomic E-state index is -4.57. The Kier molecular flexibility index (Phi) is 9.98. The molecule has 1 amide bonds. The molecule has 0 bridgehead atoms.